The van der Waals surface area contributed by atoms with E-state index in [-0.39, 0.29) is 0 Å². The van der Waals surface area contributed by atoms with Gasteiger partial charge in [-0.2, -0.15) is 0 Å². The smallest absolute Gasteiger partial charge is 0.175 e. The highest BCUT2D eigenvalue weighted by atomic mass is 31.2. The number of benzene rings is 5. The molecule has 0 saturated heterocycles. The van der Waals surface area contributed by atoms with Crippen molar-refractivity contribution in [3.8, 4) is 16.8 Å². The Morgan fingerprint density at radius 1 is 0.769 bits per heavy atom. The zero-order valence-corrected chi connectivity index (χ0v) is 22.3. The summed E-state index contributed by atoms with van der Waals surface area (Å²) in [5.41, 5.74) is 5.90. The van der Waals surface area contributed by atoms with Gasteiger partial charge >= 0.3 is 0 Å². The van der Waals surface area contributed by atoms with E-state index in [0.717, 1.165) is 77.7 Å². The van der Waals surface area contributed by atoms with Gasteiger partial charge in [0.1, 0.15) is 5.82 Å². The highest BCUT2D eigenvalue weighted by molar-refractivity contribution is 7.86. The predicted molar refractivity (Wildman–Crippen MR) is 162 cm³/mol. The standard InChI is InChI=1S/C34H24N3OP/c1-2-32-36-28-15-8-16-30-34(28)37(32)29-18-17-23(21-31(29)39(30,38)24-11-4-3-5-12-24)27-20-22-10-6-7-13-25(22)33-26(27)14-9-19-35-33/h3-21H,2H2,1H3. The number of rotatable bonds is 3. The number of pyridine rings is 1. The van der Waals surface area contributed by atoms with Crippen molar-refractivity contribution in [2.75, 3.05) is 0 Å². The monoisotopic (exact) mass is 521 g/mol. The fourth-order valence-corrected chi connectivity index (χ4v) is 9.27. The minimum Gasteiger partial charge on any atom is -0.308 e. The molecule has 186 valence electrons. The summed E-state index contributed by atoms with van der Waals surface area (Å²) in [5, 5.41) is 5.90. The second kappa shape index (κ2) is 8.23. The van der Waals surface area contributed by atoms with Gasteiger partial charge in [0.05, 0.1) is 22.2 Å². The minimum absolute atomic E-state index is 0.784. The van der Waals surface area contributed by atoms with Crippen LogP contribution >= 0.6 is 7.14 Å². The molecule has 2 aromatic heterocycles. The van der Waals surface area contributed by atoms with Crippen molar-refractivity contribution in [1.29, 1.82) is 0 Å². The van der Waals surface area contributed by atoms with E-state index in [4.69, 9.17) is 9.97 Å². The van der Waals surface area contributed by atoms with Crippen LogP contribution in [-0.2, 0) is 11.0 Å². The first-order valence-electron chi connectivity index (χ1n) is 13.3. The zero-order valence-electron chi connectivity index (χ0n) is 21.4. The summed E-state index contributed by atoms with van der Waals surface area (Å²) < 4.78 is 17.8. The van der Waals surface area contributed by atoms with Crippen LogP contribution in [0.1, 0.15) is 12.7 Å². The molecule has 0 spiro atoms. The summed E-state index contributed by atoms with van der Waals surface area (Å²) >= 11 is 0. The minimum atomic E-state index is -3.19. The van der Waals surface area contributed by atoms with Gasteiger partial charge in [-0.05, 0) is 52.9 Å². The van der Waals surface area contributed by atoms with E-state index < -0.39 is 7.14 Å². The van der Waals surface area contributed by atoms with Crippen molar-refractivity contribution in [2.45, 2.75) is 13.3 Å². The molecule has 39 heavy (non-hydrogen) atoms. The second-order valence-electron chi connectivity index (χ2n) is 10.1. The molecule has 0 aliphatic carbocycles. The maximum Gasteiger partial charge on any atom is 0.175 e. The molecule has 1 aliphatic heterocycles. The summed E-state index contributed by atoms with van der Waals surface area (Å²) in [5.74, 6) is 0.978. The van der Waals surface area contributed by atoms with Gasteiger partial charge < -0.3 is 4.57 Å². The number of aryl methyl sites for hydroxylation is 1. The van der Waals surface area contributed by atoms with Gasteiger partial charge in [0.15, 0.2) is 7.14 Å². The summed E-state index contributed by atoms with van der Waals surface area (Å²) in [6.45, 7) is 2.12. The van der Waals surface area contributed by atoms with E-state index in [1.165, 1.54) is 0 Å². The Hall–Kier alpha value is -4.53. The third kappa shape index (κ3) is 3.04. The lowest BCUT2D eigenvalue weighted by Gasteiger charge is -2.29. The largest absolute Gasteiger partial charge is 0.308 e. The lowest BCUT2D eigenvalue weighted by atomic mass is 9.95. The molecule has 0 N–H and O–H groups in total. The summed E-state index contributed by atoms with van der Waals surface area (Å²) in [7, 11) is -3.19. The highest BCUT2D eigenvalue weighted by Crippen LogP contribution is 2.50. The molecule has 0 bridgehead atoms. The summed E-state index contributed by atoms with van der Waals surface area (Å²) in [6, 6.07) is 37.1. The van der Waals surface area contributed by atoms with Crippen molar-refractivity contribution in [3.63, 3.8) is 0 Å². The van der Waals surface area contributed by atoms with Gasteiger partial charge in [0.25, 0.3) is 0 Å². The van der Waals surface area contributed by atoms with Crippen LogP contribution in [0.15, 0.2) is 115 Å². The predicted octanol–water partition coefficient (Wildman–Crippen LogP) is 6.91. The molecular weight excluding hydrogens is 497 g/mol. The SMILES string of the molecule is CCc1nc2cccc3c2n1-c1ccc(-c2cc4ccccc4c4ncccc24)cc1P3(=O)c1ccccc1. The summed E-state index contributed by atoms with van der Waals surface area (Å²) in [6.07, 6.45) is 2.63. The van der Waals surface area contributed by atoms with Crippen LogP contribution in [0.5, 0.6) is 0 Å². The van der Waals surface area contributed by atoms with Crippen molar-refractivity contribution in [3.05, 3.63) is 121 Å². The quantitative estimate of drug-likeness (QED) is 0.188. The molecule has 5 aromatic carbocycles. The van der Waals surface area contributed by atoms with Crippen LogP contribution in [0.25, 0.3) is 49.5 Å². The van der Waals surface area contributed by atoms with Gasteiger partial charge in [-0.3, -0.25) is 9.55 Å². The van der Waals surface area contributed by atoms with E-state index in [0.29, 0.717) is 0 Å². The van der Waals surface area contributed by atoms with Gasteiger partial charge in [-0.15, -0.1) is 0 Å². The van der Waals surface area contributed by atoms with Gasteiger partial charge in [-0.25, -0.2) is 4.98 Å². The van der Waals surface area contributed by atoms with Crippen LogP contribution in [0, 0.1) is 0 Å². The van der Waals surface area contributed by atoms with Gasteiger partial charge in [-0.1, -0.05) is 79.7 Å². The average molecular weight is 522 g/mol. The summed E-state index contributed by atoms with van der Waals surface area (Å²) in [4.78, 5) is 9.71. The maximum atomic E-state index is 15.6. The fraction of sp³-hybridized carbons (Fsp3) is 0.0588. The molecular formula is C34H24N3OP. The molecule has 1 unspecified atom stereocenters. The molecule has 3 heterocycles. The first-order chi connectivity index (χ1) is 19.2. The van der Waals surface area contributed by atoms with Crippen LogP contribution in [0.2, 0.25) is 0 Å². The molecule has 8 rings (SSSR count). The molecule has 0 radical (unpaired) electrons. The van der Waals surface area contributed by atoms with Gasteiger partial charge in [0, 0.05) is 39.3 Å². The Balaban J connectivity index is 1.49. The number of para-hydroxylation sites is 1. The van der Waals surface area contributed by atoms with Crippen LogP contribution in [0.4, 0.5) is 0 Å². The first kappa shape index (κ1) is 22.5. The van der Waals surface area contributed by atoms with Crippen molar-refractivity contribution < 1.29 is 4.57 Å². The Bertz CT molecular complexity index is 2150. The first-order valence-corrected chi connectivity index (χ1v) is 15.0. The molecule has 7 aromatic rings. The second-order valence-corrected chi connectivity index (χ2v) is 12.8. The normalized spacial score (nSPS) is 16.1. The van der Waals surface area contributed by atoms with E-state index in [1.807, 2.05) is 60.8 Å². The van der Waals surface area contributed by atoms with Crippen molar-refractivity contribution >= 4 is 55.8 Å². The zero-order chi connectivity index (χ0) is 26.1. The van der Waals surface area contributed by atoms with Crippen LogP contribution in [-0.4, -0.2) is 14.5 Å². The molecule has 0 saturated carbocycles. The molecule has 5 heteroatoms. The molecule has 4 nitrogen and oxygen atoms in total. The van der Waals surface area contributed by atoms with E-state index in [2.05, 4.69) is 66.1 Å². The maximum absolute atomic E-state index is 15.6. The number of nitrogens with zero attached hydrogens (tertiary/aromatic N) is 3. The van der Waals surface area contributed by atoms with E-state index in [9.17, 15) is 0 Å². The number of imidazole rings is 1. The number of aromatic nitrogens is 3. The van der Waals surface area contributed by atoms with E-state index in [1.54, 1.807) is 0 Å². The van der Waals surface area contributed by atoms with Crippen LogP contribution < -0.4 is 15.9 Å². The Morgan fingerprint density at radius 2 is 1.59 bits per heavy atom. The third-order valence-corrected chi connectivity index (χ3v) is 11.1. The molecule has 0 amide bonds. The lowest BCUT2D eigenvalue weighted by molar-refractivity contribution is 0.592. The van der Waals surface area contributed by atoms with Crippen LogP contribution in [0.3, 0.4) is 0 Å². The Kier molecular flexibility index (Phi) is 4.74. The van der Waals surface area contributed by atoms with Gasteiger partial charge in [0.2, 0.25) is 0 Å². The fourth-order valence-electron chi connectivity index (χ4n) is 6.23. The molecule has 1 aliphatic rings. The van der Waals surface area contributed by atoms with Crippen molar-refractivity contribution in [2.24, 2.45) is 0 Å². The molecule has 0 fully saturated rings. The number of hydrogen-bond acceptors (Lipinski definition) is 3. The highest BCUT2D eigenvalue weighted by Gasteiger charge is 2.39. The number of fused-ring (bicyclic) bond motifs is 5. The lowest BCUT2D eigenvalue weighted by Crippen LogP contribution is -2.33. The van der Waals surface area contributed by atoms with E-state index >= 15 is 4.57 Å². The average Bonchev–Trinajstić information content (AvgIpc) is 3.39. The van der Waals surface area contributed by atoms with Crippen molar-refractivity contribution in [1.82, 2.24) is 14.5 Å². The third-order valence-electron chi connectivity index (χ3n) is 7.98. The Labute approximate surface area is 226 Å². The molecule has 1 atom stereocenters. The number of hydrogen-bond donors (Lipinski definition) is 0. The topological polar surface area (TPSA) is 47.8 Å². The Morgan fingerprint density at radius 3 is 2.46 bits per heavy atom.